The Balaban J connectivity index is 2.51. The molecule has 0 fully saturated rings. The highest BCUT2D eigenvalue weighted by Gasteiger charge is 2.22. The van der Waals surface area contributed by atoms with Crippen molar-refractivity contribution in [3.05, 3.63) is 58.5 Å². The SMILES string of the molecule is CC/C(=C\NC)c1cnn(C)c1C(OC)c1ccc(Cl)cc1. The van der Waals surface area contributed by atoms with Crippen LogP contribution in [0.5, 0.6) is 0 Å². The Morgan fingerprint density at radius 3 is 2.64 bits per heavy atom. The van der Waals surface area contributed by atoms with Gasteiger partial charge in [0.25, 0.3) is 0 Å². The molecule has 4 nitrogen and oxygen atoms in total. The lowest BCUT2D eigenvalue weighted by Gasteiger charge is -2.19. The minimum absolute atomic E-state index is 0.188. The average Bonchev–Trinajstić information content (AvgIpc) is 2.89. The van der Waals surface area contributed by atoms with Crippen molar-refractivity contribution in [2.75, 3.05) is 14.2 Å². The quantitative estimate of drug-likeness (QED) is 0.880. The van der Waals surface area contributed by atoms with Crippen molar-refractivity contribution < 1.29 is 4.74 Å². The Morgan fingerprint density at radius 1 is 1.41 bits per heavy atom. The van der Waals surface area contributed by atoms with Crippen molar-refractivity contribution >= 4 is 17.2 Å². The molecule has 22 heavy (non-hydrogen) atoms. The molecule has 2 aromatic rings. The highest BCUT2D eigenvalue weighted by atomic mass is 35.5. The molecule has 1 atom stereocenters. The van der Waals surface area contributed by atoms with E-state index in [1.54, 1.807) is 7.11 Å². The molecule has 0 aliphatic heterocycles. The molecule has 0 bridgehead atoms. The molecular formula is C17H22ClN3O. The summed E-state index contributed by atoms with van der Waals surface area (Å²) in [6, 6.07) is 7.73. The summed E-state index contributed by atoms with van der Waals surface area (Å²) in [6.45, 7) is 2.13. The molecule has 0 spiro atoms. The first-order valence-electron chi connectivity index (χ1n) is 7.29. The van der Waals surface area contributed by atoms with Crippen molar-refractivity contribution in [3.8, 4) is 0 Å². The molecule has 1 unspecified atom stereocenters. The molecule has 1 aromatic heterocycles. The monoisotopic (exact) mass is 319 g/mol. The van der Waals surface area contributed by atoms with Crippen molar-refractivity contribution in [2.45, 2.75) is 19.4 Å². The van der Waals surface area contributed by atoms with E-state index < -0.39 is 0 Å². The third-order valence-corrected chi connectivity index (χ3v) is 3.94. The highest BCUT2D eigenvalue weighted by molar-refractivity contribution is 6.30. The molecule has 5 heteroatoms. The van der Waals surface area contributed by atoms with Crippen LogP contribution in [-0.2, 0) is 11.8 Å². The van der Waals surface area contributed by atoms with Gasteiger partial charge in [-0.25, -0.2) is 0 Å². The van der Waals surface area contributed by atoms with Gasteiger partial charge >= 0.3 is 0 Å². The third kappa shape index (κ3) is 3.34. The van der Waals surface area contributed by atoms with E-state index in [0.29, 0.717) is 5.02 Å². The summed E-state index contributed by atoms with van der Waals surface area (Å²) in [6.07, 6.45) is 4.63. The summed E-state index contributed by atoms with van der Waals surface area (Å²) in [5, 5.41) is 8.24. The Hall–Kier alpha value is -1.78. The number of hydrogen-bond acceptors (Lipinski definition) is 3. The van der Waals surface area contributed by atoms with Gasteiger partial charge in [0.15, 0.2) is 0 Å². The fourth-order valence-electron chi connectivity index (χ4n) is 2.59. The van der Waals surface area contributed by atoms with Gasteiger partial charge in [-0.3, -0.25) is 4.68 Å². The number of halogens is 1. The van der Waals surface area contributed by atoms with Crippen LogP contribution in [0.15, 0.2) is 36.7 Å². The van der Waals surface area contributed by atoms with Crippen LogP contribution >= 0.6 is 11.6 Å². The summed E-state index contributed by atoms with van der Waals surface area (Å²) < 4.78 is 7.64. The van der Waals surface area contributed by atoms with Crippen molar-refractivity contribution in [1.82, 2.24) is 15.1 Å². The lowest BCUT2D eigenvalue weighted by atomic mass is 9.98. The van der Waals surface area contributed by atoms with E-state index >= 15 is 0 Å². The second-order valence-corrected chi connectivity index (χ2v) is 5.48. The fraction of sp³-hybridized carbons (Fsp3) is 0.353. The Morgan fingerprint density at radius 2 is 2.09 bits per heavy atom. The summed E-state index contributed by atoms with van der Waals surface area (Å²) in [4.78, 5) is 0. The second kappa shape index (κ2) is 7.47. The van der Waals surface area contributed by atoms with E-state index in [4.69, 9.17) is 16.3 Å². The van der Waals surface area contributed by atoms with Gasteiger partial charge in [0.2, 0.25) is 0 Å². The molecular weight excluding hydrogens is 298 g/mol. The predicted molar refractivity (Wildman–Crippen MR) is 90.8 cm³/mol. The zero-order valence-corrected chi connectivity index (χ0v) is 14.2. The lowest BCUT2D eigenvalue weighted by Crippen LogP contribution is -2.11. The van der Waals surface area contributed by atoms with E-state index in [2.05, 4.69) is 17.3 Å². The number of aromatic nitrogens is 2. The first-order chi connectivity index (χ1) is 10.6. The van der Waals surface area contributed by atoms with Crippen LogP contribution in [0.2, 0.25) is 5.02 Å². The second-order valence-electron chi connectivity index (χ2n) is 5.05. The number of allylic oxidation sites excluding steroid dienone is 1. The summed E-state index contributed by atoms with van der Waals surface area (Å²) >= 11 is 5.99. The molecule has 1 heterocycles. The zero-order valence-electron chi connectivity index (χ0n) is 13.4. The zero-order chi connectivity index (χ0) is 16.1. The number of rotatable bonds is 6. The molecule has 0 amide bonds. The number of methoxy groups -OCH3 is 1. The van der Waals surface area contributed by atoms with Crippen LogP contribution in [0.1, 0.15) is 36.3 Å². The fourth-order valence-corrected chi connectivity index (χ4v) is 2.72. The van der Waals surface area contributed by atoms with Gasteiger partial charge in [0, 0.05) is 38.0 Å². The van der Waals surface area contributed by atoms with Gasteiger partial charge in [-0.2, -0.15) is 5.10 Å². The van der Waals surface area contributed by atoms with Gasteiger partial charge in [-0.05, 0) is 29.7 Å². The van der Waals surface area contributed by atoms with Crippen molar-refractivity contribution in [2.24, 2.45) is 7.05 Å². The topological polar surface area (TPSA) is 39.1 Å². The van der Waals surface area contributed by atoms with Crippen molar-refractivity contribution in [1.29, 1.82) is 0 Å². The minimum Gasteiger partial charge on any atom is -0.394 e. The lowest BCUT2D eigenvalue weighted by molar-refractivity contribution is 0.129. The Kier molecular flexibility index (Phi) is 5.63. The van der Waals surface area contributed by atoms with E-state index in [1.807, 2.05) is 55.4 Å². The van der Waals surface area contributed by atoms with Gasteiger partial charge < -0.3 is 10.1 Å². The molecule has 0 radical (unpaired) electrons. The average molecular weight is 320 g/mol. The first-order valence-corrected chi connectivity index (χ1v) is 7.67. The molecule has 0 saturated heterocycles. The van der Waals surface area contributed by atoms with Gasteiger partial charge in [0.1, 0.15) is 6.10 Å². The maximum absolute atomic E-state index is 5.99. The van der Waals surface area contributed by atoms with Gasteiger partial charge in [0.05, 0.1) is 11.9 Å². The number of nitrogens with one attached hydrogen (secondary N) is 1. The van der Waals surface area contributed by atoms with E-state index in [-0.39, 0.29) is 6.10 Å². The Labute approximate surface area is 136 Å². The third-order valence-electron chi connectivity index (χ3n) is 3.69. The minimum atomic E-state index is -0.188. The number of nitrogens with zero attached hydrogens (tertiary/aromatic N) is 2. The molecule has 2 rings (SSSR count). The number of hydrogen-bond donors (Lipinski definition) is 1. The van der Waals surface area contributed by atoms with Crippen LogP contribution in [0.4, 0.5) is 0 Å². The number of ether oxygens (including phenoxy) is 1. The molecule has 118 valence electrons. The van der Waals surface area contributed by atoms with Crippen LogP contribution in [0.3, 0.4) is 0 Å². The predicted octanol–water partition coefficient (Wildman–Crippen LogP) is 3.78. The van der Waals surface area contributed by atoms with Crippen LogP contribution in [-0.4, -0.2) is 23.9 Å². The van der Waals surface area contributed by atoms with Crippen LogP contribution < -0.4 is 5.32 Å². The summed E-state index contributed by atoms with van der Waals surface area (Å²) in [7, 11) is 5.55. The maximum atomic E-state index is 5.99. The largest absolute Gasteiger partial charge is 0.394 e. The number of benzene rings is 1. The van der Waals surface area contributed by atoms with Crippen molar-refractivity contribution in [3.63, 3.8) is 0 Å². The van der Waals surface area contributed by atoms with Crippen LogP contribution in [0, 0.1) is 0 Å². The smallest absolute Gasteiger partial charge is 0.124 e. The van der Waals surface area contributed by atoms with E-state index in [1.165, 1.54) is 5.57 Å². The van der Waals surface area contributed by atoms with Gasteiger partial charge in [-0.1, -0.05) is 30.7 Å². The van der Waals surface area contributed by atoms with E-state index in [0.717, 1.165) is 23.2 Å². The normalized spacial score (nSPS) is 13.2. The highest BCUT2D eigenvalue weighted by Crippen LogP contribution is 2.32. The number of aryl methyl sites for hydroxylation is 1. The molecule has 1 aromatic carbocycles. The molecule has 1 N–H and O–H groups in total. The summed E-state index contributed by atoms with van der Waals surface area (Å²) in [5.41, 5.74) is 4.38. The first kappa shape index (κ1) is 16.6. The summed E-state index contributed by atoms with van der Waals surface area (Å²) in [5.74, 6) is 0. The van der Waals surface area contributed by atoms with E-state index in [9.17, 15) is 0 Å². The molecule has 0 aliphatic rings. The van der Waals surface area contributed by atoms with Gasteiger partial charge in [-0.15, -0.1) is 0 Å². The molecule has 0 saturated carbocycles. The maximum Gasteiger partial charge on any atom is 0.124 e. The van der Waals surface area contributed by atoms with Crippen LogP contribution in [0.25, 0.3) is 5.57 Å². The Bertz CT molecular complexity index is 646. The molecule has 0 aliphatic carbocycles. The standard InChI is InChI=1S/C17H22ClN3O/c1-5-12(10-19-2)15-11-20-21(3)16(15)17(22-4)13-6-8-14(18)9-7-13/h6-11,17,19H,5H2,1-4H3/b12-10+.